The summed E-state index contributed by atoms with van der Waals surface area (Å²) >= 11 is 11.5. The third kappa shape index (κ3) is 3.44. The average molecular weight is 312 g/mol. The second kappa shape index (κ2) is 5.56. The minimum absolute atomic E-state index is 0.00137. The van der Waals surface area contributed by atoms with Crippen molar-refractivity contribution in [3.8, 4) is 0 Å². The van der Waals surface area contributed by atoms with E-state index in [1.165, 1.54) is 0 Å². The smallest absolute Gasteiger partial charge is 0.236 e. The first-order chi connectivity index (χ1) is 8.48. The molecule has 1 saturated heterocycles. The largest absolute Gasteiger partial charge is 0.377 e. The van der Waals surface area contributed by atoms with Crippen molar-refractivity contribution in [2.45, 2.75) is 18.9 Å². The Morgan fingerprint density at radius 2 is 2.22 bits per heavy atom. The maximum atomic E-state index is 11.9. The molecule has 2 rings (SSSR count). The van der Waals surface area contributed by atoms with Gasteiger partial charge in [-0.3, -0.25) is 4.72 Å². The summed E-state index contributed by atoms with van der Waals surface area (Å²) in [5, 5.41) is -0.0171. The summed E-state index contributed by atoms with van der Waals surface area (Å²) in [4.78, 5) is 7.38. The van der Waals surface area contributed by atoms with E-state index >= 15 is 0 Å². The molecule has 0 spiro atoms. The van der Waals surface area contributed by atoms with Crippen molar-refractivity contribution in [3.63, 3.8) is 0 Å². The van der Waals surface area contributed by atoms with Gasteiger partial charge in [0.15, 0.2) is 11.0 Å². The third-order valence-electron chi connectivity index (χ3n) is 2.43. The fraction of sp³-hybridized carbons (Fsp3) is 0.556. The molecule has 1 aliphatic rings. The van der Waals surface area contributed by atoms with Gasteiger partial charge in [-0.05, 0) is 12.8 Å². The van der Waals surface area contributed by atoms with Crippen molar-refractivity contribution in [1.82, 2.24) is 9.97 Å². The van der Waals surface area contributed by atoms with Gasteiger partial charge in [0.2, 0.25) is 10.0 Å². The van der Waals surface area contributed by atoms with Gasteiger partial charge >= 0.3 is 0 Å². The molecule has 6 nitrogen and oxygen atoms in total. The van der Waals surface area contributed by atoms with E-state index in [-0.39, 0.29) is 27.9 Å². The van der Waals surface area contributed by atoms with Crippen LogP contribution in [-0.2, 0) is 14.8 Å². The molecule has 1 aromatic heterocycles. The van der Waals surface area contributed by atoms with Crippen molar-refractivity contribution in [2.24, 2.45) is 0 Å². The average Bonchev–Trinajstić information content (AvgIpc) is 2.76. The molecule has 0 amide bonds. The van der Waals surface area contributed by atoms with Crippen molar-refractivity contribution >= 4 is 39.0 Å². The van der Waals surface area contributed by atoms with Gasteiger partial charge in [-0.15, -0.1) is 0 Å². The van der Waals surface area contributed by atoms with Gasteiger partial charge in [-0.25, -0.2) is 18.4 Å². The first-order valence-corrected chi connectivity index (χ1v) is 7.67. The fourth-order valence-electron chi connectivity index (χ4n) is 1.63. The van der Waals surface area contributed by atoms with Crippen molar-refractivity contribution in [2.75, 3.05) is 17.1 Å². The van der Waals surface area contributed by atoms with E-state index in [2.05, 4.69) is 14.7 Å². The second-order valence-corrected chi connectivity index (χ2v) is 6.35. The topological polar surface area (TPSA) is 81.2 Å². The van der Waals surface area contributed by atoms with Crippen molar-refractivity contribution in [1.29, 1.82) is 0 Å². The summed E-state index contributed by atoms with van der Waals surface area (Å²) in [6.07, 6.45) is 2.47. The lowest BCUT2D eigenvalue weighted by Crippen LogP contribution is -2.26. The quantitative estimate of drug-likeness (QED) is 0.856. The molecule has 1 aliphatic heterocycles. The molecule has 0 radical (unpaired) electrons. The Morgan fingerprint density at radius 1 is 1.44 bits per heavy atom. The molecule has 9 heteroatoms. The van der Waals surface area contributed by atoms with E-state index in [1.54, 1.807) is 0 Å². The second-order valence-electron chi connectivity index (χ2n) is 3.85. The van der Waals surface area contributed by atoms with E-state index in [9.17, 15) is 8.42 Å². The zero-order valence-electron chi connectivity index (χ0n) is 9.27. The van der Waals surface area contributed by atoms with Crippen LogP contribution in [0.1, 0.15) is 12.8 Å². The van der Waals surface area contributed by atoms with E-state index in [1.807, 2.05) is 0 Å². The van der Waals surface area contributed by atoms with E-state index in [0.717, 1.165) is 19.2 Å². The normalized spacial score (nSPS) is 20.0. The SMILES string of the molecule is O=S(=O)(CC1CCCO1)Nc1ncnc(Cl)c1Cl. The molecule has 18 heavy (non-hydrogen) atoms. The summed E-state index contributed by atoms with van der Waals surface area (Å²) in [5.74, 6) is -0.139. The summed E-state index contributed by atoms with van der Waals surface area (Å²) in [5.41, 5.74) is 0. The van der Waals surface area contributed by atoms with Gasteiger partial charge in [0, 0.05) is 6.61 Å². The summed E-state index contributed by atoms with van der Waals surface area (Å²) < 4.78 is 31.3. The Labute approximate surface area is 115 Å². The number of halogens is 2. The first-order valence-electron chi connectivity index (χ1n) is 5.26. The number of rotatable bonds is 4. The molecular formula is C9H11Cl2N3O3S. The Morgan fingerprint density at radius 3 is 2.89 bits per heavy atom. The van der Waals surface area contributed by atoms with Gasteiger partial charge in [-0.2, -0.15) is 0 Å². The molecule has 100 valence electrons. The highest BCUT2D eigenvalue weighted by Crippen LogP contribution is 2.26. The van der Waals surface area contributed by atoms with E-state index in [4.69, 9.17) is 27.9 Å². The number of nitrogens with zero attached hydrogens (tertiary/aromatic N) is 2. The van der Waals surface area contributed by atoms with E-state index in [0.29, 0.717) is 6.61 Å². The molecule has 1 atom stereocenters. The van der Waals surface area contributed by atoms with Crippen LogP contribution < -0.4 is 4.72 Å². The summed E-state index contributed by atoms with van der Waals surface area (Å²) in [6, 6.07) is 0. The highest BCUT2D eigenvalue weighted by atomic mass is 35.5. The fourth-order valence-corrected chi connectivity index (χ4v) is 3.25. The number of hydrogen-bond acceptors (Lipinski definition) is 5. The number of sulfonamides is 1. The monoisotopic (exact) mass is 311 g/mol. The van der Waals surface area contributed by atoms with Gasteiger partial charge in [0.1, 0.15) is 11.3 Å². The van der Waals surface area contributed by atoms with Crippen LogP contribution in [0.25, 0.3) is 0 Å². The van der Waals surface area contributed by atoms with Crippen LogP contribution in [0, 0.1) is 0 Å². The maximum absolute atomic E-state index is 11.9. The van der Waals surface area contributed by atoms with Crippen LogP contribution in [0.5, 0.6) is 0 Å². The number of hydrogen-bond donors (Lipinski definition) is 1. The summed E-state index contributed by atoms with van der Waals surface area (Å²) in [7, 11) is -3.57. The Bertz CT molecular complexity index is 532. The molecular weight excluding hydrogens is 301 g/mol. The minimum Gasteiger partial charge on any atom is -0.377 e. The third-order valence-corrected chi connectivity index (χ3v) is 4.48. The Hall–Kier alpha value is -0.630. The van der Waals surface area contributed by atoms with Crippen LogP contribution in [-0.4, -0.2) is 36.8 Å². The van der Waals surface area contributed by atoms with Gasteiger partial charge in [-0.1, -0.05) is 23.2 Å². The predicted molar refractivity (Wildman–Crippen MR) is 68.4 cm³/mol. The van der Waals surface area contributed by atoms with Crippen molar-refractivity contribution < 1.29 is 13.2 Å². The lowest BCUT2D eigenvalue weighted by atomic mass is 10.3. The standard InChI is InChI=1S/C9H11Cl2N3O3S/c10-7-8(11)12-5-13-9(7)14-18(15,16)4-6-2-1-3-17-6/h5-6H,1-4H2,(H,12,13,14). The number of anilines is 1. The minimum atomic E-state index is -3.57. The van der Waals surface area contributed by atoms with Gasteiger partial charge in [0.05, 0.1) is 11.9 Å². The molecule has 1 unspecified atom stereocenters. The van der Waals surface area contributed by atoms with Crippen LogP contribution in [0.4, 0.5) is 5.82 Å². The molecule has 1 N–H and O–H groups in total. The molecule has 2 heterocycles. The molecule has 0 aromatic carbocycles. The van der Waals surface area contributed by atoms with Gasteiger partial charge < -0.3 is 4.74 Å². The van der Waals surface area contributed by atoms with Crippen LogP contribution in [0.2, 0.25) is 10.2 Å². The van der Waals surface area contributed by atoms with Crippen LogP contribution >= 0.6 is 23.2 Å². The van der Waals surface area contributed by atoms with Gasteiger partial charge in [0.25, 0.3) is 0 Å². The Kier molecular flexibility index (Phi) is 4.26. The van der Waals surface area contributed by atoms with E-state index < -0.39 is 10.0 Å². The molecule has 1 fully saturated rings. The molecule has 0 aliphatic carbocycles. The maximum Gasteiger partial charge on any atom is 0.236 e. The number of ether oxygens (including phenoxy) is 1. The number of nitrogens with one attached hydrogen (secondary N) is 1. The molecule has 1 aromatic rings. The van der Waals surface area contributed by atoms with Crippen LogP contribution in [0.3, 0.4) is 0 Å². The lowest BCUT2D eigenvalue weighted by molar-refractivity contribution is 0.127. The highest BCUT2D eigenvalue weighted by Gasteiger charge is 2.24. The first kappa shape index (κ1) is 13.8. The predicted octanol–water partition coefficient (Wildman–Crippen LogP) is 1.70. The summed E-state index contributed by atoms with van der Waals surface area (Å²) in [6.45, 7) is 0.597. The number of aromatic nitrogens is 2. The zero-order valence-corrected chi connectivity index (χ0v) is 11.6. The zero-order chi connectivity index (χ0) is 13.2. The Balaban J connectivity index is 2.09. The van der Waals surface area contributed by atoms with Crippen molar-refractivity contribution in [3.05, 3.63) is 16.5 Å². The molecule has 0 saturated carbocycles. The molecule has 0 bridgehead atoms. The van der Waals surface area contributed by atoms with Crippen LogP contribution in [0.15, 0.2) is 6.33 Å². The highest BCUT2D eigenvalue weighted by molar-refractivity contribution is 7.92. The lowest BCUT2D eigenvalue weighted by Gasteiger charge is -2.12.